The highest BCUT2D eigenvalue weighted by molar-refractivity contribution is 5.38. The van der Waals surface area contributed by atoms with Gasteiger partial charge in [-0.2, -0.15) is 0 Å². The van der Waals surface area contributed by atoms with Gasteiger partial charge in [0.05, 0.1) is 12.2 Å². The molecule has 104 valence electrons. The second kappa shape index (κ2) is 5.48. The van der Waals surface area contributed by atoms with E-state index in [2.05, 4.69) is 20.3 Å². The molecule has 4 nitrogen and oxygen atoms in total. The van der Waals surface area contributed by atoms with Crippen molar-refractivity contribution in [3.05, 3.63) is 47.7 Å². The van der Waals surface area contributed by atoms with Gasteiger partial charge in [0.1, 0.15) is 17.3 Å². The third kappa shape index (κ3) is 3.07. The Labute approximate surface area is 115 Å². The summed E-state index contributed by atoms with van der Waals surface area (Å²) in [6.07, 6.45) is 1.07. The molecule has 2 aromatic rings. The van der Waals surface area contributed by atoms with Crippen molar-refractivity contribution in [1.29, 1.82) is 0 Å². The van der Waals surface area contributed by atoms with Crippen LogP contribution in [0.15, 0.2) is 30.5 Å². The lowest BCUT2D eigenvalue weighted by atomic mass is 10.3. The Morgan fingerprint density at radius 1 is 1.25 bits per heavy atom. The van der Waals surface area contributed by atoms with E-state index in [0.29, 0.717) is 18.2 Å². The van der Waals surface area contributed by atoms with Crippen LogP contribution in [-0.4, -0.2) is 15.0 Å². The number of halogens is 2. The maximum atomic E-state index is 12.8. The van der Waals surface area contributed by atoms with Crippen molar-refractivity contribution in [1.82, 2.24) is 15.0 Å². The zero-order valence-electron chi connectivity index (χ0n) is 10.8. The Morgan fingerprint density at radius 2 is 2.10 bits per heavy atom. The molecule has 0 spiro atoms. The van der Waals surface area contributed by atoms with E-state index < -0.39 is 6.43 Å². The van der Waals surface area contributed by atoms with Crippen LogP contribution in [0.3, 0.4) is 0 Å². The number of alkyl halides is 2. The first-order valence-corrected chi connectivity index (χ1v) is 6.53. The molecule has 2 heterocycles. The summed E-state index contributed by atoms with van der Waals surface area (Å²) in [5, 5.41) is 3.03. The Morgan fingerprint density at radius 3 is 2.75 bits per heavy atom. The fourth-order valence-corrected chi connectivity index (χ4v) is 1.90. The van der Waals surface area contributed by atoms with Gasteiger partial charge in [-0.25, -0.2) is 18.7 Å². The lowest BCUT2D eigenvalue weighted by Gasteiger charge is -2.09. The third-order valence-corrected chi connectivity index (χ3v) is 3.11. The number of nitrogens with one attached hydrogen (secondary N) is 1. The van der Waals surface area contributed by atoms with Gasteiger partial charge in [-0.15, -0.1) is 0 Å². The first kappa shape index (κ1) is 12.9. The Bertz CT molecular complexity index is 565. The predicted octanol–water partition coefficient (Wildman–Crippen LogP) is 3.30. The number of aromatic nitrogens is 3. The molecule has 0 aliphatic heterocycles. The van der Waals surface area contributed by atoms with Gasteiger partial charge < -0.3 is 5.32 Å². The monoisotopic (exact) mass is 276 g/mol. The van der Waals surface area contributed by atoms with Gasteiger partial charge >= 0.3 is 0 Å². The number of pyridine rings is 1. The highest BCUT2D eigenvalue weighted by atomic mass is 19.3. The molecule has 1 aliphatic carbocycles. The first-order valence-electron chi connectivity index (χ1n) is 6.53. The average Bonchev–Trinajstić information content (AvgIpc) is 3.30. The van der Waals surface area contributed by atoms with Crippen molar-refractivity contribution < 1.29 is 8.78 Å². The van der Waals surface area contributed by atoms with Gasteiger partial charge in [0.25, 0.3) is 6.43 Å². The van der Waals surface area contributed by atoms with E-state index in [9.17, 15) is 8.78 Å². The summed E-state index contributed by atoms with van der Waals surface area (Å²) in [6, 6.07) is 6.88. The molecule has 1 aliphatic rings. The van der Waals surface area contributed by atoms with Crippen molar-refractivity contribution >= 4 is 5.82 Å². The summed E-state index contributed by atoms with van der Waals surface area (Å²) in [6.45, 7) is 0.449. The molecule has 6 heteroatoms. The molecule has 2 aromatic heterocycles. The molecule has 0 bridgehead atoms. The predicted molar refractivity (Wildman–Crippen MR) is 70.5 cm³/mol. The molecule has 3 rings (SSSR count). The van der Waals surface area contributed by atoms with Crippen LogP contribution in [0.25, 0.3) is 0 Å². The minimum Gasteiger partial charge on any atom is -0.364 e. The molecule has 1 saturated carbocycles. The van der Waals surface area contributed by atoms with E-state index >= 15 is 0 Å². The summed E-state index contributed by atoms with van der Waals surface area (Å²) in [5.74, 6) is 1.19. The van der Waals surface area contributed by atoms with Gasteiger partial charge in [-0.3, -0.25) is 4.98 Å². The van der Waals surface area contributed by atoms with Crippen molar-refractivity contribution in [2.45, 2.75) is 31.7 Å². The molecule has 0 atom stereocenters. The first-order chi connectivity index (χ1) is 9.72. The minimum atomic E-state index is -2.58. The van der Waals surface area contributed by atoms with Crippen LogP contribution in [0.4, 0.5) is 14.6 Å². The smallest absolute Gasteiger partial charge is 0.280 e. The molecular formula is C14H14F2N4. The van der Waals surface area contributed by atoms with Crippen LogP contribution < -0.4 is 5.32 Å². The number of hydrogen-bond acceptors (Lipinski definition) is 4. The molecule has 0 amide bonds. The third-order valence-electron chi connectivity index (χ3n) is 3.11. The number of nitrogens with zero attached hydrogens (tertiary/aromatic N) is 3. The summed E-state index contributed by atoms with van der Waals surface area (Å²) in [5.41, 5.74) is 0.614. The van der Waals surface area contributed by atoms with E-state index in [1.807, 2.05) is 18.2 Å². The molecule has 1 N–H and O–H groups in total. The van der Waals surface area contributed by atoms with E-state index in [0.717, 1.165) is 18.5 Å². The normalized spacial score (nSPS) is 14.6. The zero-order valence-corrected chi connectivity index (χ0v) is 10.8. The van der Waals surface area contributed by atoms with Crippen LogP contribution in [0.1, 0.15) is 42.4 Å². The van der Waals surface area contributed by atoms with Crippen molar-refractivity contribution in [2.75, 3.05) is 5.32 Å². The van der Waals surface area contributed by atoms with Gasteiger partial charge in [-0.1, -0.05) is 6.07 Å². The second-order valence-corrected chi connectivity index (χ2v) is 4.79. The maximum absolute atomic E-state index is 12.8. The topological polar surface area (TPSA) is 50.7 Å². The lowest BCUT2D eigenvalue weighted by molar-refractivity contribution is 0.145. The minimum absolute atomic E-state index is 0.217. The zero-order chi connectivity index (χ0) is 13.9. The molecule has 1 fully saturated rings. The largest absolute Gasteiger partial charge is 0.364 e. The van der Waals surface area contributed by atoms with Crippen molar-refractivity contribution in [3.8, 4) is 0 Å². The van der Waals surface area contributed by atoms with E-state index in [4.69, 9.17) is 0 Å². The maximum Gasteiger partial charge on any atom is 0.280 e. The Balaban J connectivity index is 1.77. The van der Waals surface area contributed by atoms with Crippen LogP contribution >= 0.6 is 0 Å². The highest BCUT2D eigenvalue weighted by Crippen LogP contribution is 2.39. The van der Waals surface area contributed by atoms with Crippen molar-refractivity contribution in [2.24, 2.45) is 0 Å². The second-order valence-electron chi connectivity index (χ2n) is 4.79. The molecule has 0 radical (unpaired) electrons. The molecule has 0 aromatic carbocycles. The number of anilines is 1. The Hall–Kier alpha value is -2.11. The van der Waals surface area contributed by atoms with Gasteiger partial charge in [0.15, 0.2) is 0 Å². The number of rotatable bonds is 5. The fraction of sp³-hybridized carbons (Fsp3) is 0.357. The van der Waals surface area contributed by atoms with Crippen LogP contribution in [0, 0.1) is 0 Å². The van der Waals surface area contributed by atoms with Gasteiger partial charge in [-0.05, 0) is 25.0 Å². The van der Waals surface area contributed by atoms with E-state index in [1.165, 1.54) is 6.07 Å². The van der Waals surface area contributed by atoms with Gasteiger partial charge in [0.2, 0.25) is 0 Å². The van der Waals surface area contributed by atoms with E-state index in [1.54, 1.807) is 6.20 Å². The molecule has 0 saturated heterocycles. The quantitative estimate of drug-likeness (QED) is 0.910. The lowest BCUT2D eigenvalue weighted by Crippen LogP contribution is -2.07. The van der Waals surface area contributed by atoms with Gasteiger partial charge in [0, 0.05) is 18.2 Å². The summed E-state index contributed by atoms with van der Waals surface area (Å²) >= 11 is 0. The molecule has 0 unspecified atom stereocenters. The molecule has 20 heavy (non-hydrogen) atoms. The van der Waals surface area contributed by atoms with E-state index in [-0.39, 0.29) is 11.6 Å². The summed E-state index contributed by atoms with van der Waals surface area (Å²) in [7, 11) is 0. The Kier molecular flexibility index (Phi) is 3.54. The summed E-state index contributed by atoms with van der Waals surface area (Å²) < 4.78 is 25.7. The average molecular weight is 276 g/mol. The van der Waals surface area contributed by atoms with Crippen LogP contribution in [0.2, 0.25) is 0 Å². The SMILES string of the molecule is FC(F)c1cc(NCc2ccccn2)nc(C2CC2)n1. The standard InChI is InChI=1S/C14H14F2N4/c15-13(16)11-7-12(20-14(19-11)9-4-5-9)18-8-10-3-1-2-6-17-10/h1-3,6-7,9,13H,4-5,8H2,(H,18,19,20). The highest BCUT2D eigenvalue weighted by Gasteiger charge is 2.28. The van der Waals surface area contributed by atoms with Crippen LogP contribution in [-0.2, 0) is 6.54 Å². The molecular weight excluding hydrogens is 262 g/mol. The number of hydrogen-bond donors (Lipinski definition) is 1. The fourth-order valence-electron chi connectivity index (χ4n) is 1.90. The van der Waals surface area contributed by atoms with Crippen LogP contribution in [0.5, 0.6) is 0 Å². The summed E-state index contributed by atoms with van der Waals surface area (Å²) in [4.78, 5) is 12.4. The van der Waals surface area contributed by atoms with Crippen molar-refractivity contribution in [3.63, 3.8) is 0 Å².